The number of pyridine rings is 1. The zero-order chi connectivity index (χ0) is 13.7. The molecule has 0 aromatic carbocycles. The molecule has 0 aliphatic carbocycles. The number of morpholine rings is 1. The first-order valence-electron chi connectivity index (χ1n) is 6.13. The average Bonchev–Trinajstić information content (AvgIpc) is 2.48. The number of rotatable bonds is 4. The Morgan fingerprint density at radius 1 is 1.53 bits per heavy atom. The lowest BCUT2D eigenvalue weighted by atomic mass is 10.1. The van der Waals surface area contributed by atoms with Gasteiger partial charge in [0, 0.05) is 38.1 Å². The zero-order valence-corrected chi connectivity index (χ0v) is 12.4. The Labute approximate surface area is 121 Å². The molecule has 0 radical (unpaired) electrons. The monoisotopic (exact) mass is 324 g/mol. The second-order valence-electron chi connectivity index (χ2n) is 4.16. The highest BCUT2D eigenvalue weighted by atomic mass is 79.9. The van der Waals surface area contributed by atoms with Crippen molar-refractivity contribution in [1.29, 1.82) is 5.41 Å². The number of hydrogen-bond acceptors (Lipinski definition) is 5. The van der Waals surface area contributed by atoms with Gasteiger partial charge in [-0.15, -0.1) is 0 Å². The molecule has 1 saturated heterocycles. The number of nitrogens with zero attached hydrogens (tertiary/aromatic N) is 2. The molecule has 2 N–H and O–H groups in total. The minimum Gasteiger partial charge on any atom is -0.393 e. The van der Waals surface area contributed by atoms with Gasteiger partial charge in [0.2, 0.25) is 0 Å². The number of anilines is 1. The minimum atomic E-state index is 0.436. The second kappa shape index (κ2) is 6.68. The third-order valence-corrected chi connectivity index (χ3v) is 3.50. The van der Waals surface area contributed by atoms with E-state index in [0.29, 0.717) is 10.2 Å². The Bertz CT molecular complexity index is 483. The van der Waals surface area contributed by atoms with Gasteiger partial charge in [-0.1, -0.05) is 0 Å². The summed E-state index contributed by atoms with van der Waals surface area (Å²) in [5.74, 6) is 0.898. The molecular weight excluding hydrogens is 308 g/mol. The van der Waals surface area contributed by atoms with E-state index in [-0.39, 0.29) is 0 Å². The van der Waals surface area contributed by atoms with Gasteiger partial charge in [0.15, 0.2) is 0 Å². The van der Waals surface area contributed by atoms with Crippen LogP contribution in [0.25, 0.3) is 0 Å². The van der Waals surface area contributed by atoms with Gasteiger partial charge in [0.1, 0.15) is 5.82 Å². The fourth-order valence-corrected chi connectivity index (χ4v) is 2.33. The van der Waals surface area contributed by atoms with E-state index in [9.17, 15) is 0 Å². The Hall–Kier alpha value is -1.40. The first-order valence-corrected chi connectivity index (χ1v) is 6.92. The summed E-state index contributed by atoms with van der Waals surface area (Å²) in [6.07, 6.45) is 3.49. The first kappa shape index (κ1) is 14.0. The molecule has 0 atom stereocenters. The predicted molar refractivity (Wildman–Crippen MR) is 80.2 cm³/mol. The van der Waals surface area contributed by atoms with Crippen LogP contribution in [0.1, 0.15) is 5.56 Å². The molecule has 6 heteroatoms. The van der Waals surface area contributed by atoms with Crippen molar-refractivity contribution in [3.8, 4) is 0 Å². The van der Waals surface area contributed by atoms with Crippen molar-refractivity contribution >= 4 is 27.5 Å². The summed E-state index contributed by atoms with van der Waals surface area (Å²) < 4.78 is 6.05. The molecule has 0 bridgehead atoms. The average molecular weight is 325 g/mol. The van der Waals surface area contributed by atoms with Gasteiger partial charge in [0.25, 0.3) is 0 Å². The summed E-state index contributed by atoms with van der Waals surface area (Å²) in [4.78, 5) is 6.55. The van der Waals surface area contributed by atoms with Gasteiger partial charge in [0.05, 0.1) is 23.4 Å². The normalized spacial score (nSPS) is 16.3. The van der Waals surface area contributed by atoms with Crippen molar-refractivity contribution in [2.75, 3.05) is 38.3 Å². The maximum Gasteiger partial charge on any atom is 0.129 e. The fourth-order valence-electron chi connectivity index (χ4n) is 1.88. The number of ether oxygens (including phenoxy) is 1. The lowest BCUT2D eigenvalue weighted by molar-refractivity contribution is 0.122. The van der Waals surface area contributed by atoms with E-state index in [1.807, 2.05) is 12.1 Å². The van der Waals surface area contributed by atoms with E-state index in [1.54, 1.807) is 19.4 Å². The number of nitrogens with one attached hydrogen (secondary N) is 2. The molecule has 0 spiro atoms. The van der Waals surface area contributed by atoms with E-state index in [2.05, 4.69) is 31.1 Å². The zero-order valence-electron chi connectivity index (χ0n) is 10.8. The molecule has 1 fully saturated rings. The van der Waals surface area contributed by atoms with Crippen LogP contribution in [0.4, 0.5) is 5.82 Å². The van der Waals surface area contributed by atoms with Crippen LogP contribution in [-0.4, -0.2) is 44.0 Å². The van der Waals surface area contributed by atoms with Gasteiger partial charge < -0.3 is 15.0 Å². The molecule has 1 aromatic rings. The summed E-state index contributed by atoms with van der Waals surface area (Å²) in [6.45, 7) is 3.15. The van der Waals surface area contributed by atoms with E-state index < -0.39 is 0 Å². The van der Waals surface area contributed by atoms with Crippen molar-refractivity contribution in [2.24, 2.45) is 0 Å². The second-order valence-corrected chi connectivity index (χ2v) is 5.01. The lowest BCUT2D eigenvalue weighted by Gasteiger charge is -2.28. The van der Waals surface area contributed by atoms with E-state index in [4.69, 9.17) is 10.1 Å². The van der Waals surface area contributed by atoms with E-state index in [1.165, 1.54) is 0 Å². The van der Waals surface area contributed by atoms with Crippen molar-refractivity contribution in [3.05, 3.63) is 34.6 Å². The summed E-state index contributed by atoms with van der Waals surface area (Å²) in [5, 5.41) is 11.0. The van der Waals surface area contributed by atoms with Gasteiger partial charge in [-0.05, 0) is 28.1 Å². The molecule has 1 aliphatic rings. The number of hydrogen-bond donors (Lipinski definition) is 2. The Morgan fingerprint density at radius 3 is 2.95 bits per heavy atom. The standard InChI is InChI=1S/C13H17BrN4O/c1-16-9-11(14)13(15)10-2-3-17-12(8-10)18-4-6-19-7-5-18/h2-3,8-9,15-16H,4-7H2,1H3/b11-9+,15-13?. The van der Waals surface area contributed by atoms with Crippen LogP contribution in [0.3, 0.4) is 0 Å². The minimum absolute atomic E-state index is 0.436. The molecule has 0 unspecified atom stereocenters. The van der Waals surface area contributed by atoms with Crippen LogP contribution in [-0.2, 0) is 4.74 Å². The van der Waals surface area contributed by atoms with Crippen LogP contribution < -0.4 is 10.2 Å². The highest BCUT2D eigenvalue weighted by molar-refractivity contribution is 9.12. The number of allylic oxidation sites excluding steroid dienone is 1. The largest absolute Gasteiger partial charge is 0.393 e. The van der Waals surface area contributed by atoms with Gasteiger partial charge in [-0.25, -0.2) is 4.98 Å². The van der Waals surface area contributed by atoms with Crippen molar-refractivity contribution in [2.45, 2.75) is 0 Å². The third-order valence-electron chi connectivity index (χ3n) is 2.88. The molecule has 5 nitrogen and oxygen atoms in total. The lowest BCUT2D eigenvalue weighted by Crippen LogP contribution is -2.36. The SMILES string of the molecule is CN/C=C(/Br)C(=N)c1ccnc(N2CCOCC2)c1. The van der Waals surface area contributed by atoms with Gasteiger partial charge in [-0.2, -0.15) is 0 Å². The Morgan fingerprint density at radius 2 is 2.26 bits per heavy atom. The molecule has 1 aromatic heterocycles. The molecule has 0 saturated carbocycles. The van der Waals surface area contributed by atoms with Crippen LogP contribution in [0.15, 0.2) is 29.0 Å². The van der Waals surface area contributed by atoms with E-state index >= 15 is 0 Å². The predicted octanol–water partition coefficient (Wildman–Crippen LogP) is 1.74. The highest BCUT2D eigenvalue weighted by Crippen LogP contribution is 2.18. The molecule has 102 valence electrons. The fraction of sp³-hybridized carbons (Fsp3) is 0.385. The quantitative estimate of drug-likeness (QED) is 0.828. The summed E-state index contributed by atoms with van der Waals surface area (Å²) in [6, 6.07) is 3.79. The van der Waals surface area contributed by atoms with Crippen LogP contribution >= 0.6 is 15.9 Å². The first-order chi connectivity index (χ1) is 9.22. The molecule has 2 heterocycles. The van der Waals surface area contributed by atoms with Crippen molar-refractivity contribution in [1.82, 2.24) is 10.3 Å². The number of halogens is 1. The summed E-state index contributed by atoms with van der Waals surface area (Å²) in [7, 11) is 1.81. The number of aromatic nitrogens is 1. The third kappa shape index (κ3) is 3.54. The maximum absolute atomic E-state index is 8.12. The van der Waals surface area contributed by atoms with Crippen LogP contribution in [0.5, 0.6) is 0 Å². The Balaban J connectivity index is 2.19. The van der Waals surface area contributed by atoms with Gasteiger partial charge >= 0.3 is 0 Å². The Kier molecular flexibility index (Phi) is 4.93. The van der Waals surface area contributed by atoms with E-state index in [0.717, 1.165) is 37.7 Å². The van der Waals surface area contributed by atoms with Crippen molar-refractivity contribution < 1.29 is 4.74 Å². The topological polar surface area (TPSA) is 61.2 Å². The van der Waals surface area contributed by atoms with Crippen molar-refractivity contribution in [3.63, 3.8) is 0 Å². The molecule has 2 rings (SSSR count). The van der Waals surface area contributed by atoms with Gasteiger partial charge in [-0.3, -0.25) is 5.41 Å². The molecular formula is C13H17BrN4O. The molecule has 0 amide bonds. The highest BCUT2D eigenvalue weighted by Gasteiger charge is 2.14. The molecule has 1 aliphatic heterocycles. The molecule has 19 heavy (non-hydrogen) atoms. The summed E-state index contributed by atoms with van der Waals surface area (Å²) in [5.41, 5.74) is 1.28. The smallest absolute Gasteiger partial charge is 0.129 e. The van der Waals surface area contributed by atoms with Crippen LogP contribution in [0.2, 0.25) is 0 Å². The maximum atomic E-state index is 8.12. The van der Waals surface area contributed by atoms with Crippen LogP contribution in [0, 0.1) is 5.41 Å². The summed E-state index contributed by atoms with van der Waals surface area (Å²) >= 11 is 3.38.